The van der Waals surface area contributed by atoms with Gasteiger partial charge in [0.1, 0.15) is 12.4 Å². The van der Waals surface area contributed by atoms with E-state index in [2.05, 4.69) is 35.8 Å². The molecule has 1 aromatic rings. The lowest BCUT2D eigenvalue weighted by molar-refractivity contribution is -0.119. The van der Waals surface area contributed by atoms with Gasteiger partial charge in [-0.3, -0.25) is 4.79 Å². The third kappa shape index (κ3) is 5.36. The summed E-state index contributed by atoms with van der Waals surface area (Å²) in [5, 5.41) is 6.68. The average molecular weight is 346 g/mol. The molecule has 0 radical (unpaired) electrons. The van der Waals surface area contributed by atoms with Gasteiger partial charge in [-0.25, -0.2) is 0 Å². The fourth-order valence-corrected chi connectivity index (χ4v) is 3.72. The number of rotatable bonds is 6. The largest absolute Gasteiger partial charge is 0.489 e. The number of nitrogens with one attached hydrogen (secondary N) is 2. The van der Waals surface area contributed by atoms with Crippen molar-refractivity contribution in [3.63, 3.8) is 0 Å². The Morgan fingerprint density at radius 2 is 1.96 bits per heavy atom. The second-order valence-corrected chi connectivity index (χ2v) is 7.34. The van der Waals surface area contributed by atoms with Gasteiger partial charge in [0.2, 0.25) is 5.91 Å². The van der Waals surface area contributed by atoms with Crippen LogP contribution in [0.15, 0.2) is 18.2 Å². The van der Waals surface area contributed by atoms with Gasteiger partial charge in [-0.15, -0.1) is 0 Å². The molecule has 1 atom stereocenters. The lowest BCUT2D eigenvalue weighted by Crippen LogP contribution is -2.39. The highest BCUT2D eigenvalue weighted by atomic mass is 16.5. The van der Waals surface area contributed by atoms with Gasteiger partial charge in [-0.05, 0) is 63.1 Å². The molecular formula is C20H30N2O3. The minimum Gasteiger partial charge on any atom is -0.489 e. The standard InChI is InChI=1S/C20H30N2O3/c1-14-5-10-19(20(12-14)25-13-18-4-3-11-24-18)22-17-8-6-16(7-9-17)21-15(2)23/h5,10,12,16-18,22H,3-4,6-9,11,13H2,1-2H3,(H,21,23)/t16?,17?,18-/m0/s1. The Morgan fingerprint density at radius 1 is 1.20 bits per heavy atom. The van der Waals surface area contributed by atoms with Gasteiger partial charge < -0.3 is 20.1 Å². The predicted molar refractivity (Wildman–Crippen MR) is 99.1 cm³/mol. The monoisotopic (exact) mass is 346 g/mol. The lowest BCUT2D eigenvalue weighted by atomic mass is 9.91. The van der Waals surface area contributed by atoms with Crippen LogP contribution in [0.2, 0.25) is 0 Å². The molecule has 2 N–H and O–H groups in total. The Kier molecular flexibility index (Phi) is 6.19. The number of carbonyl (C=O) groups is 1. The van der Waals surface area contributed by atoms with Gasteiger partial charge in [0.05, 0.1) is 11.8 Å². The number of aryl methyl sites for hydroxylation is 1. The molecule has 138 valence electrons. The van der Waals surface area contributed by atoms with Crippen molar-refractivity contribution in [2.24, 2.45) is 0 Å². The van der Waals surface area contributed by atoms with Gasteiger partial charge >= 0.3 is 0 Å². The fourth-order valence-electron chi connectivity index (χ4n) is 3.72. The van der Waals surface area contributed by atoms with E-state index in [0.717, 1.165) is 56.6 Å². The zero-order chi connectivity index (χ0) is 17.6. The Bertz CT molecular complexity index is 576. The molecule has 5 heteroatoms. The van der Waals surface area contributed by atoms with Crippen LogP contribution in [0.25, 0.3) is 0 Å². The second kappa shape index (κ2) is 8.56. The summed E-state index contributed by atoms with van der Waals surface area (Å²) in [5.41, 5.74) is 2.26. The summed E-state index contributed by atoms with van der Waals surface area (Å²) in [4.78, 5) is 11.2. The van der Waals surface area contributed by atoms with Crippen molar-refractivity contribution in [1.82, 2.24) is 5.32 Å². The summed E-state index contributed by atoms with van der Waals surface area (Å²) in [6.45, 7) is 5.15. The van der Waals surface area contributed by atoms with Crippen LogP contribution in [0.3, 0.4) is 0 Å². The van der Waals surface area contributed by atoms with E-state index in [1.165, 1.54) is 5.56 Å². The molecule has 1 heterocycles. The SMILES string of the molecule is CC(=O)NC1CCC(Nc2ccc(C)cc2OC[C@@H]2CCCO2)CC1. The Hall–Kier alpha value is -1.75. The van der Waals surface area contributed by atoms with Crippen molar-refractivity contribution >= 4 is 11.6 Å². The maximum atomic E-state index is 11.2. The minimum absolute atomic E-state index is 0.0692. The van der Waals surface area contributed by atoms with Gasteiger partial charge in [0.25, 0.3) is 0 Å². The molecular weight excluding hydrogens is 316 g/mol. The normalized spacial score (nSPS) is 26.2. The number of benzene rings is 1. The first-order chi connectivity index (χ1) is 12.1. The molecule has 0 unspecified atom stereocenters. The molecule has 1 saturated carbocycles. The summed E-state index contributed by atoms with van der Waals surface area (Å²) >= 11 is 0. The van der Waals surface area contributed by atoms with Gasteiger partial charge in [0.15, 0.2) is 0 Å². The highest BCUT2D eigenvalue weighted by molar-refractivity contribution is 5.73. The van der Waals surface area contributed by atoms with Crippen LogP contribution in [0, 0.1) is 6.92 Å². The van der Waals surface area contributed by atoms with Crippen LogP contribution in [-0.4, -0.2) is 37.3 Å². The molecule has 0 bridgehead atoms. The molecule has 2 aliphatic rings. The molecule has 0 aromatic heterocycles. The zero-order valence-corrected chi connectivity index (χ0v) is 15.3. The molecule has 2 fully saturated rings. The summed E-state index contributed by atoms with van der Waals surface area (Å²) in [6, 6.07) is 7.08. The van der Waals surface area contributed by atoms with Crippen LogP contribution in [0.1, 0.15) is 51.0 Å². The first-order valence-corrected chi connectivity index (χ1v) is 9.49. The summed E-state index contributed by atoms with van der Waals surface area (Å²) in [5.74, 6) is 0.985. The van der Waals surface area contributed by atoms with E-state index in [0.29, 0.717) is 18.7 Å². The highest BCUT2D eigenvalue weighted by Gasteiger charge is 2.23. The van der Waals surface area contributed by atoms with Crippen molar-refractivity contribution in [2.45, 2.75) is 70.6 Å². The molecule has 25 heavy (non-hydrogen) atoms. The number of hydrogen-bond acceptors (Lipinski definition) is 4. The van der Waals surface area contributed by atoms with Crippen molar-refractivity contribution in [1.29, 1.82) is 0 Å². The number of ether oxygens (including phenoxy) is 2. The smallest absolute Gasteiger partial charge is 0.217 e. The summed E-state index contributed by atoms with van der Waals surface area (Å²) in [7, 11) is 0. The van der Waals surface area contributed by atoms with Gasteiger partial charge in [-0.1, -0.05) is 6.07 Å². The third-order valence-electron chi connectivity index (χ3n) is 5.08. The quantitative estimate of drug-likeness (QED) is 0.829. The highest BCUT2D eigenvalue weighted by Crippen LogP contribution is 2.30. The number of hydrogen-bond donors (Lipinski definition) is 2. The molecule has 0 spiro atoms. The van der Waals surface area contributed by atoms with E-state index in [-0.39, 0.29) is 12.0 Å². The van der Waals surface area contributed by atoms with Crippen molar-refractivity contribution in [3.8, 4) is 5.75 Å². The molecule has 5 nitrogen and oxygen atoms in total. The maximum Gasteiger partial charge on any atom is 0.217 e. The average Bonchev–Trinajstić information content (AvgIpc) is 3.10. The van der Waals surface area contributed by atoms with Crippen molar-refractivity contribution in [3.05, 3.63) is 23.8 Å². The Balaban J connectivity index is 1.55. The van der Waals surface area contributed by atoms with Crippen LogP contribution >= 0.6 is 0 Å². The molecule has 3 rings (SSSR count). The topological polar surface area (TPSA) is 59.6 Å². The predicted octanol–water partition coefficient (Wildman–Crippen LogP) is 3.41. The number of anilines is 1. The Morgan fingerprint density at radius 3 is 2.64 bits per heavy atom. The van der Waals surface area contributed by atoms with E-state index in [4.69, 9.17) is 9.47 Å². The zero-order valence-electron chi connectivity index (χ0n) is 15.3. The molecule has 1 saturated heterocycles. The maximum absolute atomic E-state index is 11.2. The van der Waals surface area contributed by atoms with E-state index >= 15 is 0 Å². The molecule has 1 aliphatic carbocycles. The summed E-state index contributed by atoms with van der Waals surface area (Å²) in [6.07, 6.45) is 6.60. The van der Waals surface area contributed by atoms with E-state index < -0.39 is 0 Å². The Labute approximate surface area is 150 Å². The van der Waals surface area contributed by atoms with Gasteiger partial charge in [0, 0.05) is 25.6 Å². The van der Waals surface area contributed by atoms with E-state index in [9.17, 15) is 4.79 Å². The molecule has 1 aliphatic heterocycles. The van der Waals surface area contributed by atoms with Crippen LogP contribution in [-0.2, 0) is 9.53 Å². The number of amides is 1. The van der Waals surface area contributed by atoms with Crippen LogP contribution < -0.4 is 15.4 Å². The fraction of sp³-hybridized carbons (Fsp3) is 0.650. The minimum atomic E-state index is 0.0692. The first-order valence-electron chi connectivity index (χ1n) is 9.49. The number of carbonyl (C=O) groups excluding carboxylic acids is 1. The van der Waals surface area contributed by atoms with Crippen molar-refractivity contribution < 1.29 is 14.3 Å². The van der Waals surface area contributed by atoms with Gasteiger partial charge in [-0.2, -0.15) is 0 Å². The second-order valence-electron chi connectivity index (χ2n) is 7.34. The van der Waals surface area contributed by atoms with E-state index in [1.54, 1.807) is 6.92 Å². The summed E-state index contributed by atoms with van der Waals surface area (Å²) < 4.78 is 11.7. The van der Waals surface area contributed by atoms with Crippen molar-refractivity contribution in [2.75, 3.05) is 18.5 Å². The molecule has 1 amide bonds. The lowest BCUT2D eigenvalue weighted by Gasteiger charge is -2.30. The van der Waals surface area contributed by atoms with Crippen LogP contribution in [0.4, 0.5) is 5.69 Å². The van der Waals surface area contributed by atoms with Crippen LogP contribution in [0.5, 0.6) is 5.75 Å². The third-order valence-corrected chi connectivity index (χ3v) is 5.08. The van der Waals surface area contributed by atoms with E-state index in [1.807, 2.05) is 0 Å². The molecule has 1 aromatic carbocycles. The first kappa shape index (κ1) is 18.1.